The molecule has 0 heterocycles. The van der Waals surface area contributed by atoms with Gasteiger partial charge in [-0.2, -0.15) is 0 Å². The Hall–Kier alpha value is -0.510. The minimum atomic E-state index is -2.36. The van der Waals surface area contributed by atoms with Crippen LogP contribution < -0.4 is 10.6 Å². The van der Waals surface area contributed by atoms with Gasteiger partial charge in [0.25, 0.3) is 0 Å². The molecule has 6 heteroatoms. The highest BCUT2D eigenvalue weighted by molar-refractivity contribution is 7.36. The van der Waals surface area contributed by atoms with Gasteiger partial charge in [-0.05, 0) is 12.8 Å². The van der Waals surface area contributed by atoms with E-state index in [1.54, 1.807) is 0 Å². The van der Waals surface area contributed by atoms with Crippen molar-refractivity contribution in [2.75, 3.05) is 13.3 Å². The number of esters is 1. The first kappa shape index (κ1) is 11.5. The molecule has 0 saturated heterocycles. The van der Waals surface area contributed by atoms with Gasteiger partial charge in [-0.3, -0.25) is 4.79 Å². The first-order valence-corrected chi connectivity index (χ1v) is 4.89. The number of carbonyl (C=O) groups is 1. The largest absolute Gasteiger partial charge is 0.596 e. The van der Waals surface area contributed by atoms with Crippen molar-refractivity contribution in [1.82, 2.24) is 0 Å². The average molecular weight is 193 g/mol. The second-order valence-electron chi connectivity index (χ2n) is 2.33. The molecule has 0 bridgehead atoms. The molecule has 0 amide bonds. The molecule has 70 valence electrons. The van der Waals surface area contributed by atoms with E-state index in [9.17, 15) is 14.3 Å². The minimum absolute atomic E-state index is 0.0695. The van der Waals surface area contributed by atoms with Crippen LogP contribution in [-0.2, 0) is 14.1 Å². The fourth-order valence-corrected chi connectivity index (χ4v) is 1.15. The zero-order chi connectivity index (χ0) is 9.56. The highest BCUT2D eigenvalue weighted by Gasteiger charge is 2.14. The number of ether oxygens (including phenoxy) is 1. The van der Waals surface area contributed by atoms with Crippen LogP contribution in [0.3, 0.4) is 0 Å². The summed E-state index contributed by atoms with van der Waals surface area (Å²) in [6, 6.07) is -0.704. The van der Waals surface area contributed by atoms with Crippen LogP contribution >= 0.6 is 8.03 Å². The Morgan fingerprint density at radius 3 is 2.75 bits per heavy atom. The zero-order valence-electron chi connectivity index (χ0n) is 6.86. The van der Waals surface area contributed by atoms with Crippen molar-refractivity contribution in [3.63, 3.8) is 0 Å². The van der Waals surface area contributed by atoms with E-state index in [0.717, 1.165) is 0 Å². The molecule has 0 aromatic carbocycles. The molecule has 0 aliphatic rings. The Morgan fingerprint density at radius 1 is 1.75 bits per heavy atom. The smallest absolute Gasteiger partial charge is 0.322 e. The lowest BCUT2D eigenvalue weighted by atomic mass is 10.2. The second kappa shape index (κ2) is 6.06. The molecule has 2 unspecified atom stereocenters. The van der Waals surface area contributed by atoms with Crippen LogP contribution in [0, 0.1) is 0 Å². The van der Waals surface area contributed by atoms with Crippen molar-refractivity contribution in [1.29, 1.82) is 0 Å². The number of carbonyl (C=O) groups excluding carboxylic acids is 1. The van der Waals surface area contributed by atoms with Crippen molar-refractivity contribution in [2.45, 2.75) is 18.9 Å². The monoisotopic (exact) mass is 193 g/mol. The van der Waals surface area contributed by atoms with Crippen molar-refractivity contribution >= 4 is 14.0 Å². The number of rotatable bonds is 5. The fourth-order valence-electron chi connectivity index (χ4n) is 0.710. The van der Waals surface area contributed by atoms with Crippen LogP contribution in [-0.4, -0.2) is 25.3 Å². The number of hydrogen-bond donors (Lipinski definition) is 1. The molecule has 0 spiro atoms. The third kappa shape index (κ3) is 5.18. The third-order valence-corrected chi connectivity index (χ3v) is 2.04. The van der Waals surface area contributed by atoms with E-state index < -0.39 is 20.0 Å². The highest BCUT2D eigenvalue weighted by atomic mass is 31.1. The van der Waals surface area contributed by atoms with E-state index in [-0.39, 0.29) is 6.16 Å². The first-order chi connectivity index (χ1) is 5.57. The molecule has 2 N–H and O–H groups in total. The summed E-state index contributed by atoms with van der Waals surface area (Å²) in [5.74, 6) is -0.504. The average Bonchev–Trinajstić information content (AvgIpc) is 2.02. The Kier molecular flexibility index (Phi) is 5.80. The van der Waals surface area contributed by atoms with Crippen LogP contribution in [0.15, 0.2) is 0 Å². The third-order valence-electron chi connectivity index (χ3n) is 1.36. The van der Waals surface area contributed by atoms with E-state index in [4.69, 9.17) is 5.73 Å². The van der Waals surface area contributed by atoms with Gasteiger partial charge in [0.1, 0.15) is 12.2 Å². The molecule has 0 rings (SSSR count). The number of methoxy groups -OCH3 is 1. The Labute approximate surface area is 71.8 Å². The Bertz CT molecular complexity index is 173. The van der Waals surface area contributed by atoms with Gasteiger partial charge in [0, 0.05) is 0 Å². The summed E-state index contributed by atoms with van der Waals surface area (Å²) >= 11 is 0. The van der Waals surface area contributed by atoms with E-state index in [0.29, 0.717) is 12.8 Å². The predicted molar refractivity (Wildman–Crippen MR) is 41.7 cm³/mol. The summed E-state index contributed by atoms with van der Waals surface area (Å²) in [5.41, 5.74) is 5.34. The van der Waals surface area contributed by atoms with E-state index >= 15 is 0 Å². The second-order valence-corrected chi connectivity index (χ2v) is 3.44. The molecular weight excluding hydrogens is 181 g/mol. The summed E-state index contributed by atoms with van der Waals surface area (Å²) in [6.07, 6.45) is 0.811. The van der Waals surface area contributed by atoms with Gasteiger partial charge in [-0.15, -0.1) is 0 Å². The van der Waals surface area contributed by atoms with Crippen molar-refractivity contribution in [3.05, 3.63) is 0 Å². The lowest BCUT2D eigenvalue weighted by Gasteiger charge is -2.06. The molecule has 12 heavy (non-hydrogen) atoms. The van der Waals surface area contributed by atoms with Gasteiger partial charge in [-0.25, -0.2) is 0 Å². The molecule has 0 aliphatic heterocycles. The molecule has 0 fully saturated rings. The molecular formula is C6H12NO4P. The molecule has 0 aromatic heterocycles. The van der Waals surface area contributed by atoms with E-state index in [1.165, 1.54) is 7.11 Å². The van der Waals surface area contributed by atoms with Crippen LogP contribution in [0.2, 0.25) is 0 Å². The standard InChI is InChI=1S/C6H12NO4P/c1-11-6(8)5(7)3-2-4-12(9)10/h5H,2-4,7H2,1H3. The zero-order valence-corrected chi connectivity index (χ0v) is 7.75. The molecule has 5 nitrogen and oxygen atoms in total. The SMILES string of the molecule is COC(=O)C(N)CCC[P+](=O)[O-]. The minimum Gasteiger partial charge on any atom is -0.596 e. The normalized spacial score (nSPS) is 13.8. The van der Waals surface area contributed by atoms with Gasteiger partial charge in [0.2, 0.25) is 0 Å². The van der Waals surface area contributed by atoms with Gasteiger partial charge >= 0.3 is 14.0 Å². The maximum Gasteiger partial charge on any atom is 0.322 e. The molecule has 2 atom stereocenters. The van der Waals surface area contributed by atoms with Crippen LogP contribution in [0.5, 0.6) is 0 Å². The molecule has 0 aromatic rings. The van der Waals surface area contributed by atoms with Gasteiger partial charge in [0.05, 0.1) is 7.11 Å². The summed E-state index contributed by atoms with van der Waals surface area (Å²) in [4.78, 5) is 20.8. The predicted octanol–water partition coefficient (Wildman–Crippen LogP) is -0.630. The summed E-state index contributed by atoms with van der Waals surface area (Å²) in [5, 5.41) is 0. The lowest BCUT2D eigenvalue weighted by molar-refractivity contribution is -0.164. The van der Waals surface area contributed by atoms with E-state index in [1.807, 2.05) is 0 Å². The molecule has 0 radical (unpaired) electrons. The first-order valence-electron chi connectivity index (χ1n) is 3.53. The number of hydrogen-bond acceptors (Lipinski definition) is 5. The fraction of sp³-hybridized carbons (Fsp3) is 0.833. The van der Waals surface area contributed by atoms with Gasteiger partial charge in [-0.1, -0.05) is 4.57 Å². The quantitative estimate of drug-likeness (QED) is 0.463. The summed E-state index contributed by atoms with van der Waals surface area (Å²) in [7, 11) is -1.12. The topological polar surface area (TPSA) is 92.5 Å². The molecule has 0 saturated carbocycles. The Morgan fingerprint density at radius 2 is 2.33 bits per heavy atom. The van der Waals surface area contributed by atoms with Crippen molar-refractivity contribution in [3.8, 4) is 0 Å². The van der Waals surface area contributed by atoms with Gasteiger partial charge < -0.3 is 15.4 Å². The van der Waals surface area contributed by atoms with Crippen molar-refractivity contribution < 1.29 is 19.0 Å². The maximum absolute atomic E-state index is 10.7. The van der Waals surface area contributed by atoms with Crippen LogP contribution in [0.25, 0.3) is 0 Å². The van der Waals surface area contributed by atoms with Crippen LogP contribution in [0.1, 0.15) is 12.8 Å². The maximum atomic E-state index is 10.7. The number of nitrogens with two attached hydrogens (primary N) is 1. The molecule has 0 aliphatic carbocycles. The summed E-state index contributed by atoms with van der Waals surface area (Å²) < 4.78 is 14.5. The van der Waals surface area contributed by atoms with Crippen LogP contribution in [0.4, 0.5) is 0 Å². The van der Waals surface area contributed by atoms with Crippen molar-refractivity contribution in [2.24, 2.45) is 5.73 Å². The van der Waals surface area contributed by atoms with Gasteiger partial charge in [0.15, 0.2) is 0 Å². The summed E-state index contributed by atoms with van der Waals surface area (Å²) in [6.45, 7) is 0. The highest BCUT2D eigenvalue weighted by Crippen LogP contribution is 2.10. The Balaban J connectivity index is 3.50. The lowest BCUT2D eigenvalue weighted by Crippen LogP contribution is -2.31. The van der Waals surface area contributed by atoms with E-state index in [2.05, 4.69) is 4.74 Å².